The summed E-state index contributed by atoms with van der Waals surface area (Å²) in [6.07, 6.45) is 0.863. The molecule has 0 aliphatic heterocycles. The van der Waals surface area contributed by atoms with Gasteiger partial charge < -0.3 is 15.5 Å². The van der Waals surface area contributed by atoms with Crippen LogP contribution in [-0.2, 0) is 6.42 Å². The van der Waals surface area contributed by atoms with E-state index in [4.69, 9.17) is 11.6 Å². The molecule has 1 unspecified atom stereocenters. The maximum atomic E-state index is 6.19. The van der Waals surface area contributed by atoms with Crippen molar-refractivity contribution in [2.75, 3.05) is 34.2 Å². The topological polar surface area (TPSA) is 39.7 Å². The highest BCUT2D eigenvalue weighted by molar-refractivity contribution is 7.10. The van der Waals surface area contributed by atoms with Crippen LogP contribution in [0.15, 0.2) is 46.8 Å². The summed E-state index contributed by atoms with van der Waals surface area (Å²) in [6.45, 7) is 1.59. The summed E-state index contributed by atoms with van der Waals surface area (Å²) < 4.78 is 0. The minimum atomic E-state index is 0.326. The first-order valence-corrected chi connectivity index (χ1v) is 9.25. The molecule has 1 aromatic carbocycles. The Hall–Kier alpha value is -1.56. The van der Waals surface area contributed by atoms with Crippen molar-refractivity contribution in [3.05, 3.63) is 57.2 Å². The Labute approximate surface area is 153 Å². The predicted molar refractivity (Wildman–Crippen MR) is 105 cm³/mol. The third-order valence-corrected chi connectivity index (χ3v) is 5.17. The zero-order chi connectivity index (χ0) is 17.4. The van der Waals surface area contributed by atoms with Crippen molar-refractivity contribution in [1.82, 2.24) is 15.5 Å². The van der Waals surface area contributed by atoms with Gasteiger partial charge in [-0.1, -0.05) is 35.9 Å². The summed E-state index contributed by atoms with van der Waals surface area (Å²) >= 11 is 7.97. The molecule has 1 heterocycles. The van der Waals surface area contributed by atoms with E-state index in [-0.39, 0.29) is 0 Å². The fraction of sp³-hybridized carbons (Fsp3) is 0.389. The van der Waals surface area contributed by atoms with Gasteiger partial charge in [-0.3, -0.25) is 4.99 Å². The van der Waals surface area contributed by atoms with Crippen molar-refractivity contribution < 1.29 is 0 Å². The lowest BCUT2D eigenvalue weighted by atomic mass is 10.1. The van der Waals surface area contributed by atoms with E-state index in [1.54, 1.807) is 18.4 Å². The van der Waals surface area contributed by atoms with Gasteiger partial charge in [0.15, 0.2) is 5.96 Å². The van der Waals surface area contributed by atoms with Gasteiger partial charge in [0, 0.05) is 30.0 Å². The highest BCUT2D eigenvalue weighted by Gasteiger charge is 2.15. The molecule has 4 nitrogen and oxygen atoms in total. The van der Waals surface area contributed by atoms with E-state index in [9.17, 15) is 0 Å². The number of rotatable bonds is 7. The normalized spacial score (nSPS) is 13.1. The SMILES string of the molecule is CN=C(NCCc1ccccc1Cl)NCC(c1cccs1)N(C)C. The summed E-state index contributed by atoms with van der Waals surface area (Å²) in [5.41, 5.74) is 1.15. The fourth-order valence-corrected chi connectivity index (χ4v) is 3.60. The molecule has 0 radical (unpaired) electrons. The lowest BCUT2D eigenvalue weighted by molar-refractivity contribution is 0.302. The molecule has 130 valence electrons. The second-order valence-corrected chi connectivity index (χ2v) is 7.10. The third-order valence-electron chi connectivity index (χ3n) is 3.83. The number of guanidine groups is 1. The number of thiophene rings is 1. The first-order chi connectivity index (χ1) is 11.6. The van der Waals surface area contributed by atoms with Crippen LogP contribution in [0.4, 0.5) is 0 Å². The Morgan fingerprint density at radius 1 is 1.21 bits per heavy atom. The molecule has 1 atom stereocenters. The number of aliphatic imine (C=N–C) groups is 1. The molecule has 2 rings (SSSR count). The average Bonchev–Trinajstić information content (AvgIpc) is 3.09. The summed E-state index contributed by atoms with van der Waals surface area (Å²) in [5, 5.41) is 9.69. The molecule has 0 aliphatic rings. The number of benzene rings is 1. The number of nitrogens with one attached hydrogen (secondary N) is 2. The molecule has 0 aliphatic carbocycles. The Morgan fingerprint density at radius 2 is 2.00 bits per heavy atom. The van der Waals surface area contributed by atoms with Gasteiger partial charge in [-0.15, -0.1) is 11.3 Å². The molecule has 0 amide bonds. The quantitative estimate of drug-likeness (QED) is 0.584. The molecule has 0 saturated carbocycles. The monoisotopic (exact) mass is 364 g/mol. The molecular formula is C18H25ClN4S. The predicted octanol–water partition coefficient (Wildman–Crippen LogP) is 3.41. The summed E-state index contributed by atoms with van der Waals surface area (Å²) in [5.74, 6) is 0.811. The van der Waals surface area contributed by atoms with E-state index < -0.39 is 0 Å². The molecule has 0 fully saturated rings. The smallest absolute Gasteiger partial charge is 0.191 e. The number of halogens is 1. The summed E-state index contributed by atoms with van der Waals surface area (Å²) in [6, 6.07) is 12.5. The van der Waals surface area contributed by atoms with E-state index in [0.717, 1.165) is 36.1 Å². The average molecular weight is 365 g/mol. The summed E-state index contributed by atoms with van der Waals surface area (Å²) in [7, 11) is 5.99. The third kappa shape index (κ3) is 5.51. The van der Waals surface area contributed by atoms with Crippen LogP contribution in [0.3, 0.4) is 0 Å². The first kappa shape index (κ1) is 18.8. The van der Waals surface area contributed by atoms with Crippen molar-refractivity contribution in [3.63, 3.8) is 0 Å². The lowest BCUT2D eigenvalue weighted by Crippen LogP contribution is -2.42. The number of hydrogen-bond donors (Lipinski definition) is 2. The van der Waals surface area contributed by atoms with E-state index in [1.165, 1.54) is 4.88 Å². The largest absolute Gasteiger partial charge is 0.356 e. The zero-order valence-corrected chi connectivity index (χ0v) is 16.0. The molecule has 2 aromatic rings. The Kier molecular flexibility index (Phi) is 7.56. The minimum Gasteiger partial charge on any atom is -0.356 e. The molecule has 0 saturated heterocycles. The van der Waals surface area contributed by atoms with Gasteiger partial charge in [0.25, 0.3) is 0 Å². The Bertz CT molecular complexity index is 640. The second-order valence-electron chi connectivity index (χ2n) is 5.72. The molecule has 0 bridgehead atoms. The van der Waals surface area contributed by atoms with Crippen LogP contribution >= 0.6 is 22.9 Å². The van der Waals surface area contributed by atoms with Crippen LogP contribution in [-0.4, -0.2) is 45.1 Å². The lowest BCUT2D eigenvalue weighted by Gasteiger charge is -2.24. The Balaban J connectivity index is 1.83. The van der Waals surface area contributed by atoms with Gasteiger partial charge in [-0.05, 0) is 43.6 Å². The van der Waals surface area contributed by atoms with Gasteiger partial charge in [0.05, 0.1) is 6.04 Å². The van der Waals surface area contributed by atoms with E-state index >= 15 is 0 Å². The number of nitrogens with zero attached hydrogens (tertiary/aromatic N) is 2. The van der Waals surface area contributed by atoms with Crippen molar-refractivity contribution in [2.24, 2.45) is 4.99 Å². The van der Waals surface area contributed by atoms with Gasteiger partial charge in [-0.2, -0.15) is 0 Å². The highest BCUT2D eigenvalue weighted by Crippen LogP contribution is 2.22. The first-order valence-electron chi connectivity index (χ1n) is 7.99. The second kappa shape index (κ2) is 9.67. The molecule has 24 heavy (non-hydrogen) atoms. The van der Waals surface area contributed by atoms with Crippen molar-refractivity contribution in [3.8, 4) is 0 Å². The van der Waals surface area contributed by atoms with Crippen LogP contribution in [0.2, 0.25) is 5.02 Å². The molecular weight excluding hydrogens is 340 g/mol. The molecule has 6 heteroatoms. The van der Waals surface area contributed by atoms with Gasteiger partial charge >= 0.3 is 0 Å². The van der Waals surface area contributed by atoms with Crippen molar-refractivity contribution in [1.29, 1.82) is 0 Å². The fourth-order valence-electron chi connectivity index (χ4n) is 2.45. The molecule has 2 N–H and O–H groups in total. The van der Waals surface area contributed by atoms with Crippen LogP contribution in [0.5, 0.6) is 0 Å². The van der Waals surface area contributed by atoms with Crippen LogP contribution < -0.4 is 10.6 Å². The van der Waals surface area contributed by atoms with Crippen LogP contribution in [0.1, 0.15) is 16.5 Å². The maximum absolute atomic E-state index is 6.19. The van der Waals surface area contributed by atoms with Crippen LogP contribution in [0, 0.1) is 0 Å². The zero-order valence-electron chi connectivity index (χ0n) is 14.4. The van der Waals surface area contributed by atoms with E-state index in [0.29, 0.717) is 6.04 Å². The van der Waals surface area contributed by atoms with Crippen molar-refractivity contribution in [2.45, 2.75) is 12.5 Å². The Morgan fingerprint density at radius 3 is 2.62 bits per heavy atom. The summed E-state index contributed by atoms with van der Waals surface area (Å²) in [4.78, 5) is 7.87. The highest BCUT2D eigenvalue weighted by atomic mass is 35.5. The standard InChI is InChI=1S/C18H25ClN4S/c1-20-18(21-11-10-14-7-4-5-8-15(14)19)22-13-16(23(2)3)17-9-6-12-24-17/h4-9,12,16H,10-11,13H2,1-3H3,(H2,20,21,22). The van der Waals surface area contributed by atoms with Gasteiger partial charge in [0.2, 0.25) is 0 Å². The molecule has 1 aromatic heterocycles. The van der Waals surface area contributed by atoms with E-state index in [2.05, 4.69) is 58.2 Å². The van der Waals surface area contributed by atoms with E-state index in [1.807, 2.05) is 18.2 Å². The number of likely N-dealkylation sites (N-methyl/N-ethyl adjacent to an activating group) is 1. The van der Waals surface area contributed by atoms with Gasteiger partial charge in [0.1, 0.15) is 0 Å². The van der Waals surface area contributed by atoms with Gasteiger partial charge in [-0.25, -0.2) is 0 Å². The van der Waals surface area contributed by atoms with Crippen molar-refractivity contribution >= 4 is 28.9 Å². The molecule has 0 spiro atoms. The van der Waals surface area contributed by atoms with Crippen LogP contribution in [0.25, 0.3) is 0 Å². The minimum absolute atomic E-state index is 0.326. The maximum Gasteiger partial charge on any atom is 0.191 e. The number of hydrogen-bond acceptors (Lipinski definition) is 3.